The van der Waals surface area contributed by atoms with E-state index in [1.54, 1.807) is 35.5 Å². The molecule has 0 aromatic carbocycles. The molecule has 3 aromatic heterocycles. The molecule has 0 atom stereocenters. The summed E-state index contributed by atoms with van der Waals surface area (Å²) in [6.45, 7) is 0.625. The molecule has 0 aliphatic heterocycles. The molecule has 114 valence electrons. The predicted octanol–water partition coefficient (Wildman–Crippen LogP) is 3.42. The van der Waals surface area contributed by atoms with Gasteiger partial charge in [-0.3, -0.25) is 4.79 Å². The fraction of sp³-hybridized carbons (Fsp3) is 0.214. The van der Waals surface area contributed by atoms with Crippen LogP contribution in [-0.2, 0) is 11.3 Å². The topological polar surface area (TPSA) is 61.9 Å². The molecule has 0 aliphatic carbocycles. The van der Waals surface area contributed by atoms with E-state index in [0.717, 1.165) is 11.1 Å². The van der Waals surface area contributed by atoms with Crippen molar-refractivity contribution in [3.8, 4) is 0 Å². The average Bonchev–Trinajstić information content (AvgIpc) is 3.13. The molecular weight excluding hydrogens is 340 g/mol. The van der Waals surface area contributed by atoms with Crippen molar-refractivity contribution in [3.63, 3.8) is 0 Å². The Balaban J connectivity index is 1.59. The number of hydrogen-bond donors (Lipinski definition) is 1. The van der Waals surface area contributed by atoms with Crippen molar-refractivity contribution in [1.82, 2.24) is 19.9 Å². The van der Waals surface area contributed by atoms with Crippen LogP contribution in [0.15, 0.2) is 34.2 Å². The van der Waals surface area contributed by atoms with E-state index in [2.05, 4.69) is 15.0 Å². The van der Waals surface area contributed by atoms with Crippen LogP contribution in [0.25, 0.3) is 11.2 Å². The van der Waals surface area contributed by atoms with Gasteiger partial charge in [0.05, 0.1) is 16.3 Å². The number of nitrogens with zero attached hydrogens (tertiary/aromatic N) is 3. The second kappa shape index (κ2) is 6.68. The Bertz CT molecular complexity index is 787. The normalized spacial score (nSPS) is 11.0. The highest BCUT2D eigenvalue weighted by atomic mass is 35.5. The van der Waals surface area contributed by atoms with Crippen LogP contribution >= 0.6 is 34.7 Å². The highest BCUT2D eigenvalue weighted by Gasteiger charge is 2.12. The minimum atomic E-state index is 0.0580. The van der Waals surface area contributed by atoms with Gasteiger partial charge in [0.25, 0.3) is 0 Å². The average molecular weight is 353 g/mol. The standard InChI is InChI=1S/C14H13ClN4OS2/c1-19(6-9-2-3-21-7-9)12(20)8-22-14-17-11-4-10(15)5-16-13(11)18-14/h2-5,7H,6,8H2,1H3,(H,16,17,18). The summed E-state index contributed by atoms with van der Waals surface area (Å²) in [6, 6.07) is 3.79. The highest BCUT2D eigenvalue weighted by Crippen LogP contribution is 2.21. The lowest BCUT2D eigenvalue weighted by Crippen LogP contribution is -2.27. The van der Waals surface area contributed by atoms with Crippen LogP contribution in [0, 0.1) is 0 Å². The molecule has 5 nitrogen and oxygen atoms in total. The van der Waals surface area contributed by atoms with Crippen molar-refractivity contribution in [2.75, 3.05) is 12.8 Å². The van der Waals surface area contributed by atoms with E-state index in [0.29, 0.717) is 28.1 Å². The predicted molar refractivity (Wildman–Crippen MR) is 90.4 cm³/mol. The summed E-state index contributed by atoms with van der Waals surface area (Å²) in [5.74, 6) is 0.386. The molecule has 3 aromatic rings. The molecule has 0 fully saturated rings. The van der Waals surface area contributed by atoms with Crippen molar-refractivity contribution in [1.29, 1.82) is 0 Å². The van der Waals surface area contributed by atoms with Crippen LogP contribution in [-0.4, -0.2) is 38.6 Å². The zero-order valence-corrected chi connectivity index (χ0v) is 14.1. The van der Waals surface area contributed by atoms with Crippen molar-refractivity contribution >= 4 is 51.8 Å². The summed E-state index contributed by atoms with van der Waals surface area (Å²) in [6.07, 6.45) is 1.55. The number of H-pyrrole nitrogens is 1. The molecule has 0 saturated carbocycles. The Kier molecular flexibility index (Phi) is 4.66. The van der Waals surface area contributed by atoms with Gasteiger partial charge >= 0.3 is 0 Å². The number of imidazole rings is 1. The molecule has 0 saturated heterocycles. The van der Waals surface area contributed by atoms with Crippen molar-refractivity contribution in [2.24, 2.45) is 0 Å². The summed E-state index contributed by atoms with van der Waals surface area (Å²) in [7, 11) is 1.81. The van der Waals surface area contributed by atoms with E-state index in [1.807, 2.05) is 16.8 Å². The van der Waals surface area contributed by atoms with Crippen molar-refractivity contribution in [2.45, 2.75) is 11.7 Å². The lowest BCUT2D eigenvalue weighted by atomic mass is 10.3. The maximum Gasteiger partial charge on any atom is 0.233 e. The molecule has 0 unspecified atom stereocenters. The number of nitrogens with one attached hydrogen (secondary N) is 1. The van der Waals surface area contributed by atoms with Crippen molar-refractivity contribution in [3.05, 3.63) is 39.7 Å². The monoisotopic (exact) mass is 352 g/mol. The maximum atomic E-state index is 12.1. The number of amides is 1. The molecular formula is C14H13ClN4OS2. The van der Waals surface area contributed by atoms with E-state index >= 15 is 0 Å². The number of fused-ring (bicyclic) bond motifs is 1. The number of carbonyl (C=O) groups is 1. The van der Waals surface area contributed by atoms with Gasteiger partial charge in [-0.2, -0.15) is 11.3 Å². The minimum absolute atomic E-state index is 0.0580. The Labute approximate surface area is 140 Å². The van der Waals surface area contributed by atoms with Gasteiger partial charge in [-0.05, 0) is 28.5 Å². The Morgan fingerprint density at radius 1 is 1.55 bits per heavy atom. The molecule has 0 aliphatic rings. The number of aromatic nitrogens is 3. The molecule has 1 amide bonds. The highest BCUT2D eigenvalue weighted by molar-refractivity contribution is 7.99. The minimum Gasteiger partial charge on any atom is -0.341 e. The lowest BCUT2D eigenvalue weighted by molar-refractivity contribution is -0.127. The molecule has 0 bridgehead atoms. The number of aromatic amines is 1. The van der Waals surface area contributed by atoms with E-state index in [1.165, 1.54) is 11.8 Å². The number of thioether (sulfide) groups is 1. The number of thiophene rings is 1. The third-order valence-corrected chi connectivity index (χ3v) is 4.84. The summed E-state index contributed by atoms with van der Waals surface area (Å²) >= 11 is 8.88. The van der Waals surface area contributed by atoms with E-state index in [-0.39, 0.29) is 5.91 Å². The van der Waals surface area contributed by atoms with Gasteiger partial charge in [0, 0.05) is 19.8 Å². The van der Waals surface area contributed by atoms with Crippen LogP contribution in [0.3, 0.4) is 0 Å². The number of rotatable bonds is 5. The second-order valence-electron chi connectivity index (χ2n) is 4.74. The number of pyridine rings is 1. The van der Waals surface area contributed by atoms with E-state index < -0.39 is 0 Å². The summed E-state index contributed by atoms with van der Waals surface area (Å²) in [5, 5.41) is 5.28. The Morgan fingerprint density at radius 2 is 2.41 bits per heavy atom. The zero-order chi connectivity index (χ0) is 15.5. The van der Waals surface area contributed by atoms with Gasteiger partial charge in [-0.25, -0.2) is 9.97 Å². The van der Waals surface area contributed by atoms with E-state index in [4.69, 9.17) is 11.6 Å². The fourth-order valence-corrected chi connectivity index (χ4v) is 3.54. The molecule has 3 rings (SSSR count). The molecule has 0 radical (unpaired) electrons. The first kappa shape index (κ1) is 15.3. The van der Waals surface area contributed by atoms with Gasteiger partial charge in [-0.1, -0.05) is 23.4 Å². The van der Waals surface area contributed by atoms with Gasteiger partial charge in [0.2, 0.25) is 5.91 Å². The second-order valence-corrected chi connectivity index (χ2v) is 6.92. The largest absolute Gasteiger partial charge is 0.341 e. The number of hydrogen-bond acceptors (Lipinski definition) is 5. The lowest BCUT2D eigenvalue weighted by Gasteiger charge is -2.15. The molecule has 1 N–H and O–H groups in total. The first-order valence-electron chi connectivity index (χ1n) is 6.51. The number of halogens is 1. The molecule has 0 spiro atoms. The molecule has 3 heterocycles. The van der Waals surface area contributed by atoms with Gasteiger partial charge < -0.3 is 9.88 Å². The number of carbonyl (C=O) groups excluding carboxylic acids is 1. The Hall–Kier alpha value is -1.57. The van der Waals surface area contributed by atoms with Crippen LogP contribution in [0.4, 0.5) is 0 Å². The summed E-state index contributed by atoms with van der Waals surface area (Å²) in [5.41, 5.74) is 2.52. The zero-order valence-electron chi connectivity index (χ0n) is 11.7. The molecule has 8 heteroatoms. The third kappa shape index (κ3) is 3.60. The smallest absolute Gasteiger partial charge is 0.233 e. The van der Waals surface area contributed by atoms with Crippen LogP contribution in [0.1, 0.15) is 5.56 Å². The molecule has 22 heavy (non-hydrogen) atoms. The van der Waals surface area contributed by atoms with Crippen LogP contribution in [0.5, 0.6) is 0 Å². The van der Waals surface area contributed by atoms with Crippen LogP contribution < -0.4 is 0 Å². The van der Waals surface area contributed by atoms with E-state index in [9.17, 15) is 4.79 Å². The summed E-state index contributed by atoms with van der Waals surface area (Å²) < 4.78 is 0. The third-order valence-electron chi connectivity index (χ3n) is 3.04. The fourth-order valence-electron chi connectivity index (χ4n) is 1.91. The Morgan fingerprint density at radius 3 is 3.18 bits per heavy atom. The van der Waals surface area contributed by atoms with Crippen molar-refractivity contribution < 1.29 is 4.79 Å². The quantitative estimate of drug-likeness (QED) is 0.715. The van der Waals surface area contributed by atoms with Crippen LogP contribution in [0.2, 0.25) is 5.02 Å². The van der Waals surface area contributed by atoms with Gasteiger partial charge in [-0.15, -0.1) is 0 Å². The summed E-state index contributed by atoms with van der Waals surface area (Å²) in [4.78, 5) is 25.4. The maximum absolute atomic E-state index is 12.1. The first-order valence-corrected chi connectivity index (χ1v) is 8.81. The first-order chi connectivity index (χ1) is 10.6. The SMILES string of the molecule is CN(Cc1ccsc1)C(=O)CSc1nc2ncc(Cl)cc2[nH]1. The van der Waals surface area contributed by atoms with Gasteiger partial charge in [0.15, 0.2) is 10.8 Å². The van der Waals surface area contributed by atoms with Gasteiger partial charge in [0.1, 0.15) is 0 Å².